The molecule has 2 aromatic heterocycles. The normalized spacial score (nSPS) is 19.8. The zero-order valence-corrected chi connectivity index (χ0v) is 28.4. The molecular formula is C32H46ClN7O2S. The lowest BCUT2D eigenvalue weighted by Gasteiger charge is -2.45. The Morgan fingerprint density at radius 1 is 1.14 bits per heavy atom. The molecule has 4 rings (SSSR count). The topological polar surface area (TPSA) is 97.7 Å². The number of halogens is 1. The lowest BCUT2D eigenvalue weighted by atomic mass is 9.92. The molecule has 1 aromatic carbocycles. The van der Waals surface area contributed by atoms with Gasteiger partial charge in [-0.1, -0.05) is 50.6 Å². The fourth-order valence-corrected chi connectivity index (χ4v) is 7.20. The summed E-state index contributed by atoms with van der Waals surface area (Å²) >= 11 is 7.99. The molecule has 3 atom stereocenters. The number of aryl methyl sites for hydroxylation is 2. The molecule has 0 radical (unpaired) electrons. The monoisotopic (exact) mass is 630 g/mol. The molecular weight excluding hydrogens is 582 g/mol. The van der Waals surface area contributed by atoms with Crippen LogP contribution in [0.25, 0.3) is 0 Å². The zero-order chi connectivity index (χ0) is 34.4. The van der Waals surface area contributed by atoms with Gasteiger partial charge in [0.25, 0.3) is 5.91 Å². The first-order valence-corrected chi connectivity index (χ1v) is 15.9. The van der Waals surface area contributed by atoms with Gasteiger partial charge in [0.15, 0.2) is 5.13 Å². The van der Waals surface area contributed by atoms with E-state index in [4.69, 9.17) is 25.7 Å². The van der Waals surface area contributed by atoms with Crippen LogP contribution in [0.2, 0.25) is 5.02 Å². The molecule has 2 N–H and O–H groups in total. The molecule has 0 saturated carbocycles. The van der Waals surface area contributed by atoms with E-state index >= 15 is 0 Å². The van der Waals surface area contributed by atoms with Crippen LogP contribution in [0.4, 0.5) is 22.5 Å². The van der Waals surface area contributed by atoms with Crippen molar-refractivity contribution in [1.29, 1.82) is 0 Å². The average molecular weight is 631 g/mol. The maximum absolute atomic E-state index is 13.9. The summed E-state index contributed by atoms with van der Waals surface area (Å²) in [6.45, 7) is 14.9. The minimum Gasteiger partial charge on any atom is -0.395 e. The summed E-state index contributed by atoms with van der Waals surface area (Å²) in [6, 6.07) is 3.53. The lowest BCUT2D eigenvalue weighted by Crippen LogP contribution is -2.57. The van der Waals surface area contributed by atoms with Gasteiger partial charge in [0.2, 0.25) is 0 Å². The van der Waals surface area contributed by atoms with E-state index in [1.54, 1.807) is 16.8 Å². The molecule has 0 spiro atoms. The number of rotatable bonds is 9. The Balaban J connectivity index is 1.63. The third-order valence-electron chi connectivity index (χ3n) is 7.96. The minimum atomic E-state index is -2.62. The van der Waals surface area contributed by atoms with Gasteiger partial charge in [-0.2, -0.15) is 0 Å². The van der Waals surface area contributed by atoms with Crippen molar-refractivity contribution in [2.75, 3.05) is 48.3 Å². The van der Waals surface area contributed by atoms with Gasteiger partial charge in [-0.3, -0.25) is 9.69 Å². The maximum Gasteiger partial charge on any atom is 0.270 e. The quantitative estimate of drug-likeness (QED) is 0.271. The molecule has 234 valence electrons. The molecule has 3 aromatic rings. The number of thiazole rings is 1. The first kappa shape index (κ1) is 29.0. The molecule has 1 saturated heterocycles. The summed E-state index contributed by atoms with van der Waals surface area (Å²) in [6.07, 6.45) is 0. The molecule has 1 amide bonds. The molecule has 9 nitrogen and oxygen atoms in total. The number of carbonyl (C=O) groups is 1. The van der Waals surface area contributed by atoms with Gasteiger partial charge in [0.05, 0.1) is 25.7 Å². The van der Waals surface area contributed by atoms with Crippen LogP contribution in [0.5, 0.6) is 0 Å². The van der Waals surface area contributed by atoms with Crippen LogP contribution >= 0.6 is 22.9 Å². The maximum atomic E-state index is 13.9. The summed E-state index contributed by atoms with van der Waals surface area (Å²) in [4.78, 5) is 34.1. The first-order chi connectivity index (χ1) is 21.3. The molecule has 0 bridgehead atoms. The van der Waals surface area contributed by atoms with Crippen molar-refractivity contribution < 1.29 is 14.0 Å². The SMILES string of the molecule is [2H]C(N1CC(C)N(c2cc(Nc3nc(C)c(C(=O)N(C)c4c(Cl)cc(C)c(C)c4C(C)C)s3)nc(C(C)C)n2)C(C)C1)C([2H])([2H])O. The van der Waals surface area contributed by atoms with Gasteiger partial charge < -0.3 is 20.2 Å². The third kappa shape index (κ3) is 6.98. The van der Waals surface area contributed by atoms with E-state index in [-0.39, 0.29) is 29.8 Å². The van der Waals surface area contributed by atoms with E-state index in [1.807, 2.05) is 53.7 Å². The highest BCUT2D eigenvalue weighted by atomic mass is 35.5. The lowest BCUT2D eigenvalue weighted by molar-refractivity contribution is 0.0996. The van der Waals surface area contributed by atoms with Gasteiger partial charge in [-0.05, 0) is 63.3 Å². The molecule has 1 fully saturated rings. The second kappa shape index (κ2) is 13.5. The predicted octanol–water partition coefficient (Wildman–Crippen LogP) is 6.67. The fourth-order valence-electron chi connectivity index (χ4n) is 5.85. The summed E-state index contributed by atoms with van der Waals surface area (Å²) in [5.41, 5.74) is 4.57. The molecule has 3 heterocycles. The molecule has 0 aliphatic carbocycles. The van der Waals surface area contributed by atoms with Crippen LogP contribution in [0, 0.1) is 20.8 Å². The number of aliphatic hydroxyl groups is 1. The summed E-state index contributed by atoms with van der Waals surface area (Å²) < 4.78 is 23.4. The Morgan fingerprint density at radius 2 is 1.79 bits per heavy atom. The number of hydrogen-bond acceptors (Lipinski definition) is 9. The van der Waals surface area contributed by atoms with Crippen LogP contribution in [0.1, 0.15) is 95.4 Å². The molecule has 3 unspecified atom stereocenters. The van der Waals surface area contributed by atoms with Crippen LogP contribution in [0.15, 0.2) is 12.1 Å². The van der Waals surface area contributed by atoms with Crippen LogP contribution < -0.4 is 15.1 Å². The standard InChI is InChI=1S/C32H46ClN7O2S/c1-17(2)27-22(8)19(5)13-24(33)28(27)38(10)31(42)29-23(9)34-32(43-29)36-25-14-26(37-30(35-25)18(3)4)40-20(6)15-39(11-12-41)16-21(40)7/h13-14,17-18,20-21,41H,11-12,15-16H2,1-10H3,(H,34,35,36,37)/i11D,12D2. The molecule has 11 heteroatoms. The van der Waals surface area contributed by atoms with Gasteiger partial charge in [0, 0.05) is 52.1 Å². The number of β-amino-alcohol motifs (C(OH)–C–C–N with tert-alkyl or cyclic N) is 1. The number of amides is 1. The molecule has 43 heavy (non-hydrogen) atoms. The number of hydrogen-bond donors (Lipinski definition) is 2. The first-order valence-electron chi connectivity index (χ1n) is 16.3. The smallest absolute Gasteiger partial charge is 0.270 e. The number of nitrogens with zero attached hydrogens (tertiary/aromatic N) is 6. The van der Waals surface area contributed by atoms with E-state index in [0.717, 1.165) is 16.7 Å². The second-order valence-corrected chi connectivity index (χ2v) is 13.5. The zero-order valence-electron chi connectivity index (χ0n) is 29.8. The van der Waals surface area contributed by atoms with E-state index in [9.17, 15) is 9.90 Å². The number of piperazine rings is 1. The van der Waals surface area contributed by atoms with Crippen LogP contribution in [-0.2, 0) is 0 Å². The van der Waals surface area contributed by atoms with Crippen LogP contribution in [0.3, 0.4) is 0 Å². The van der Waals surface area contributed by atoms with Crippen molar-refractivity contribution >= 4 is 51.3 Å². The van der Waals surface area contributed by atoms with E-state index < -0.39 is 13.1 Å². The molecule has 1 aliphatic heterocycles. The predicted molar refractivity (Wildman–Crippen MR) is 179 cm³/mol. The van der Waals surface area contributed by atoms with E-state index in [0.29, 0.717) is 57.0 Å². The average Bonchev–Trinajstić information content (AvgIpc) is 3.31. The highest BCUT2D eigenvalue weighted by Gasteiger charge is 2.31. The van der Waals surface area contributed by atoms with Gasteiger partial charge in [-0.15, -0.1) is 0 Å². The van der Waals surface area contributed by atoms with Crippen molar-refractivity contribution in [3.63, 3.8) is 0 Å². The Hall–Kier alpha value is -2.79. The molecule has 1 aliphatic rings. The van der Waals surface area contributed by atoms with Gasteiger partial charge >= 0.3 is 0 Å². The number of benzene rings is 1. The summed E-state index contributed by atoms with van der Waals surface area (Å²) in [7, 11) is 1.75. The number of aromatic nitrogens is 3. The van der Waals surface area contributed by atoms with Crippen LogP contribution in [-0.4, -0.2) is 76.2 Å². The summed E-state index contributed by atoms with van der Waals surface area (Å²) in [5.74, 6) is 1.90. The largest absolute Gasteiger partial charge is 0.395 e. The van der Waals surface area contributed by atoms with Crippen molar-refractivity contribution in [3.05, 3.63) is 50.2 Å². The van der Waals surface area contributed by atoms with Gasteiger partial charge in [0.1, 0.15) is 22.3 Å². The summed E-state index contributed by atoms with van der Waals surface area (Å²) in [5, 5.41) is 14.2. The third-order valence-corrected chi connectivity index (χ3v) is 9.31. The fraction of sp³-hybridized carbons (Fsp3) is 0.562. The Bertz CT molecular complexity index is 1580. The highest BCUT2D eigenvalue weighted by Crippen LogP contribution is 2.40. The minimum absolute atomic E-state index is 0.0355. The Kier molecular flexibility index (Phi) is 9.06. The van der Waals surface area contributed by atoms with Crippen molar-refractivity contribution in [1.82, 2.24) is 19.9 Å². The van der Waals surface area contributed by atoms with Crippen molar-refractivity contribution in [2.24, 2.45) is 0 Å². The number of anilines is 4. The number of carbonyl (C=O) groups excluding carboxylic acids is 1. The Morgan fingerprint density at radius 3 is 2.37 bits per heavy atom. The van der Waals surface area contributed by atoms with Gasteiger partial charge in [-0.25, -0.2) is 15.0 Å². The second-order valence-electron chi connectivity index (χ2n) is 12.1. The van der Waals surface area contributed by atoms with E-state index in [1.165, 1.54) is 11.3 Å². The van der Waals surface area contributed by atoms with Crippen molar-refractivity contribution in [3.8, 4) is 0 Å². The van der Waals surface area contributed by atoms with E-state index in [2.05, 4.69) is 36.0 Å². The Labute approximate surface area is 269 Å². The number of nitrogens with one attached hydrogen (secondary N) is 1. The van der Waals surface area contributed by atoms with Crippen molar-refractivity contribution in [2.45, 2.75) is 86.2 Å². The highest BCUT2D eigenvalue weighted by molar-refractivity contribution is 7.17.